The van der Waals surface area contributed by atoms with E-state index < -0.39 is 0 Å². The van der Waals surface area contributed by atoms with E-state index in [1.807, 2.05) is 31.2 Å². The van der Waals surface area contributed by atoms with Crippen molar-refractivity contribution in [3.05, 3.63) is 45.4 Å². The summed E-state index contributed by atoms with van der Waals surface area (Å²) < 4.78 is 7.21. The summed E-state index contributed by atoms with van der Waals surface area (Å²) in [4.78, 5) is 16.5. The van der Waals surface area contributed by atoms with Crippen LogP contribution in [0.5, 0.6) is 5.75 Å². The van der Waals surface area contributed by atoms with Crippen molar-refractivity contribution in [2.45, 2.75) is 19.9 Å². The Morgan fingerprint density at radius 3 is 2.58 bits per heavy atom. The first kappa shape index (κ1) is 13.8. The van der Waals surface area contributed by atoms with E-state index in [-0.39, 0.29) is 5.56 Å². The number of rotatable bonds is 4. The Hall–Kier alpha value is -1.62. The number of halogens is 1. The van der Waals surface area contributed by atoms with E-state index in [0.717, 1.165) is 17.7 Å². The quantitative estimate of drug-likeness (QED) is 0.868. The van der Waals surface area contributed by atoms with Gasteiger partial charge < -0.3 is 4.74 Å². The Balaban J connectivity index is 2.45. The average Bonchev–Trinajstić information content (AvgIpc) is 2.45. The number of aryl methyl sites for hydroxylation is 1. The summed E-state index contributed by atoms with van der Waals surface area (Å²) >= 11 is 3.35. The van der Waals surface area contributed by atoms with Gasteiger partial charge in [0.05, 0.1) is 19.1 Å². The van der Waals surface area contributed by atoms with Crippen molar-refractivity contribution in [1.29, 1.82) is 0 Å². The van der Waals surface area contributed by atoms with Crippen molar-refractivity contribution in [2.75, 3.05) is 7.11 Å². The molecule has 1 heterocycles. The van der Waals surface area contributed by atoms with Gasteiger partial charge in [0.15, 0.2) is 0 Å². The van der Waals surface area contributed by atoms with Crippen LogP contribution in [0.3, 0.4) is 0 Å². The summed E-state index contributed by atoms with van der Waals surface area (Å²) in [6.45, 7) is 2.70. The molecule has 0 amide bonds. The number of methoxy groups -OCH3 is 1. The maximum atomic E-state index is 12.1. The highest BCUT2D eigenvalue weighted by Gasteiger charge is 2.10. The molecule has 0 unspecified atom stereocenters. The summed E-state index contributed by atoms with van der Waals surface area (Å²) in [5.74, 6) is 0.777. The fourth-order valence-corrected chi connectivity index (χ4v) is 2.37. The van der Waals surface area contributed by atoms with Crippen LogP contribution in [0.4, 0.5) is 0 Å². The molecule has 0 spiro atoms. The molecule has 0 saturated carbocycles. The SMILES string of the molecule is CCCn1cnc(-c2ccc(OC)cc2)c(Br)c1=O. The van der Waals surface area contributed by atoms with Gasteiger partial charge in [0.2, 0.25) is 0 Å². The van der Waals surface area contributed by atoms with Gasteiger partial charge >= 0.3 is 0 Å². The van der Waals surface area contributed by atoms with Crippen LogP contribution in [0.1, 0.15) is 13.3 Å². The van der Waals surface area contributed by atoms with Crippen LogP contribution in [0.15, 0.2) is 39.9 Å². The third kappa shape index (κ3) is 2.87. The molecule has 2 aromatic rings. The molecule has 5 heteroatoms. The van der Waals surface area contributed by atoms with E-state index >= 15 is 0 Å². The zero-order chi connectivity index (χ0) is 13.8. The van der Waals surface area contributed by atoms with Gasteiger partial charge in [-0.3, -0.25) is 9.36 Å². The highest BCUT2D eigenvalue weighted by atomic mass is 79.9. The molecule has 100 valence electrons. The predicted octanol–water partition coefficient (Wildman–Crippen LogP) is 3.09. The zero-order valence-corrected chi connectivity index (χ0v) is 12.5. The topological polar surface area (TPSA) is 44.1 Å². The summed E-state index contributed by atoms with van der Waals surface area (Å²) in [5, 5.41) is 0. The Kier molecular flexibility index (Phi) is 4.37. The van der Waals surface area contributed by atoms with Crippen molar-refractivity contribution in [3.63, 3.8) is 0 Å². The highest BCUT2D eigenvalue weighted by molar-refractivity contribution is 9.10. The van der Waals surface area contributed by atoms with Crippen molar-refractivity contribution in [3.8, 4) is 17.0 Å². The lowest BCUT2D eigenvalue weighted by Gasteiger charge is -2.08. The first-order valence-electron chi connectivity index (χ1n) is 6.06. The summed E-state index contributed by atoms with van der Waals surface area (Å²) in [7, 11) is 1.62. The monoisotopic (exact) mass is 322 g/mol. The molecule has 1 aromatic carbocycles. The maximum absolute atomic E-state index is 12.1. The minimum atomic E-state index is -0.0531. The lowest BCUT2D eigenvalue weighted by Crippen LogP contribution is -2.21. The van der Waals surface area contributed by atoms with E-state index in [2.05, 4.69) is 20.9 Å². The molecular formula is C14H15BrN2O2. The summed E-state index contributed by atoms with van der Waals surface area (Å²) in [6.07, 6.45) is 2.49. The van der Waals surface area contributed by atoms with Gasteiger partial charge in [-0.15, -0.1) is 0 Å². The van der Waals surface area contributed by atoms with Gasteiger partial charge in [0.25, 0.3) is 5.56 Å². The first-order chi connectivity index (χ1) is 9.17. The van der Waals surface area contributed by atoms with Gasteiger partial charge in [-0.2, -0.15) is 0 Å². The van der Waals surface area contributed by atoms with E-state index in [4.69, 9.17) is 4.74 Å². The van der Waals surface area contributed by atoms with Crippen LogP contribution < -0.4 is 10.3 Å². The molecule has 2 rings (SSSR count). The summed E-state index contributed by atoms with van der Waals surface area (Å²) in [6, 6.07) is 7.47. The third-order valence-electron chi connectivity index (χ3n) is 2.81. The zero-order valence-electron chi connectivity index (χ0n) is 10.9. The number of nitrogens with zero attached hydrogens (tertiary/aromatic N) is 2. The van der Waals surface area contributed by atoms with E-state index in [1.165, 1.54) is 0 Å². The fraction of sp³-hybridized carbons (Fsp3) is 0.286. The molecule has 0 atom stereocenters. The minimum Gasteiger partial charge on any atom is -0.497 e. The average molecular weight is 323 g/mol. The number of benzene rings is 1. The Morgan fingerprint density at radius 2 is 2.00 bits per heavy atom. The lowest BCUT2D eigenvalue weighted by atomic mass is 10.1. The van der Waals surface area contributed by atoms with Crippen molar-refractivity contribution < 1.29 is 4.74 Å². The molecule has 0 aliphatic heterocycles. The van der Waals surface area contributed by atoms with Crippen LogP contribution in [0, 0.1) is 0 Å². The van der Waals surface area contributed by atoms with E-state index in [0.29, 0.717) is 16.7 Å². The molecule has 4 nitrogen and oxygen atoms in total. The molecule has 0 saturated heterocycles. The molecule has 0 fully saturated rings. The van der Waals surface area contributed by atoms with Gasteiger partial charge in [-0.25, -0.2) is 4.98 Å². The van der Waals surface area contributed by atoms with Crippen LogP contribution in [-0.2, 0) is 6.54 Å². The summed E-state index contributed by atoms with van der Waals surface area (Å²) in [5.41, 5.74) is 1.48. The van der Waals surface area contributed by atoms with Crippen molar-refractivity contribution in [1.82, 2.24) is 9.55 Å². The van der Waals surface area contributed by atoms with Crippen LogP contribution in [0.2, 0.25) is 0 Å². The highest BCUT2D eigenvalue weighted by Crippen LogP contribution is 2.24. The van der Waals surface area contributed by atoms with Crippen LogP contribution >= 0.6 is 15.9 Å². The Bertz CT molecular complexity index is 620. The largest absolute Gasteiger partial charge is 0.497 e. The molecule has 0 aliphatic rings. The molecule has 0 bridgehead atoms. The molecule has 19 heavy (non-hydrogen) atoms. The third-order valence-corrected chi connectivity index (χ3v) is 3.53. The van der Waals surface area contributed by atoms with Crippen molar-refractivity contribution >= 4 is 15.9 Å². The second-order valence-electron chi connectivity index (χ2n) is 4.13. The first-order valence-corrected chi connectivity index (χ1v) is 6.86. The van der Waals surface area contributed by atoms with Gasteiger partial charge in [-0.1, -0.05) is 6.92 Å². The number of hydrogen-bond donors (Lipinski definition) is 0. The van der Waals surface area contributed by atoms with Crippen LogP contribution in [0.25, 0.3) is 11.3 Å². The number of aromatic nitrogens is 2. The predicted molar refractivity (Wildman–Crippen MR) is 78.5 cm³/mol. The van der Waals surface area contributed by atoms with Crippen LogP contribution in [-0.4, -0.2) is 16.7 Å². The lowest BCUT2D eigenvalue weighted by molar-refractivity contribution is 0.415. The van der Waals surface area contributed by atoms with E-state index in [9.17, 15) is 4.79 Å². The maximum Gasteiger partial charge on any atom is 0.268 e. The smallest absolute Gasteiger partial charge is 0.268 e. The standard InChI is InChI=1S/C14H15BrN2O2/c1-3-8-17-9-16-13(12(15)14(17)18)10-4-6-11(19-2)7-5-10/h4-7,9H,3,8H2,1-2H3. The van der Waals surface area contributed by atoms with Crippen molar-refractivity contribution in [2.24, 2.45) is 0 Å². The number of ether oxygens (including phenoxy) is 1. The molecule has 0 radical (unpaired) electrons. The minimum absolute atomic E-state index is 0.0531. The molecule has 1 aromatic heterocycles. The molecular weight excluding hydrogens is 308 g/mol. The second-order valence-corrected chi connectivity index (χ2v) is 4.93. The fourth-order valence-electron chi connectivity index (χ4n) is 1.81. The Labute approximate surface area is 120 Å². The number of hydrogen-bond acceptors (Lipinski definition) is 3. The van der Waals surface area contributed by atoms with Gasteiger partial charge in [0.1, 0.15) is 10.2 Å². The second kappa shape index (κ2) is 6.02. The van der Waals surface area contributed by atoms with Gasteiger partial charge in [-0.05, 0) is 46.6 Å². The normalized spacial score (nSPS) is 10.5. The molecule has 0 N–H and O–H groups in total. The van der Waals surface area contributed by atoms with Gasteiger partial charge in [0, 0.05) is 12.1 Å². The Morgan fingerprint density at radius 1 is 1.32 bits per heavy atom. The van der Waals surface area contributed by atoms with E-state index in [1.54, 1.807) is 18.0 Å². The molecule has 0 aliphatic carbocycles.